The molecule has 2 rings (SSSR count). The van der Waals surface area contributed by atoms with Gasteiger partial charge in [0.15, 0.2) is 11.6 Å². The number of hydrogen-bond donors (Lipinski definition) is 0. The fraction of sp³-hybridized carbons (Fsp3) is 0. The van der Waals surface area contributed by atoms with E-state index in [1.807, 2.05) is 0 Å². The third-order valence-corrected chi connectivity index (χ3v) is 1.55. The van der Waals surface area contributed by atoms with Crippen LogP contribution in [0.5, 0.6) is 0 Å². The van der Waals surface area contributed by atoms with Gasteiger partial charge in [-0.1, -0.05) is 0 Å². The van der Waals surface area contributed by atoms with Crippen LogP contribution in [0.3, 0.4) is 0 Å². The Morgan fingerprint density at radius 2 is 1.83 bits per heavy atom. The van der Waals surface area contributed by atoms with Gasteiger partial charge in [0.25, 0.3) is 0 Å². The zero-order valence-electron chi connectivity index (χ0n) is 5.96. The summed E-state index contributed by atoms with van der Waals surface area (Å²) in [5.74, 6) is -1.77. The second-order valence-electron chi connectivity index (χ2n) is 2.35. The molecule has 1 aromatic heterocycles. The molecule has 0 radical (unpaired) electrons. The van der Waals surface area contributed by atoms with E-state index in [1.54, 1.807) is 0 Å². The van der Waals surface area contributed by atoms with E-state index in [9.17, 15) is 8.78 Å². The smallest absolute Gasteiger partial charge is 0.161 e. The first-order chi connectivity index (χ1) is 5.77. The molecule has 1 heterocycles. The van der Waals surface area contributed by atoms with Gasteiger partial charge in [0.2, 0.25) is 0 Å². The van der Waals surface area contributed by atoms with E-state index in [0.717, 1.165) is 12.1 Å². The summed E-state index contributed by atoms with van der Waals surface area (Å²) in [6.07, 6.45) is 2.73. The fourth-order valence-corrected chi connectivity index (χ4v) is 0.976. The summed E-state index contributed by atoms with van der Waals surface area (Å²) >= 11 is 0. The van der Waals surface area contributed by atoms with Crippen molar-refractivity contribution in [1.29, 1.82) is 0 Å². The molecule has 0 aliphatic rings. The van der Waals surface area contributed by atoms with Crippen LogP contribution in [-0.2, 0) is 0 Å². The zero-order valence-corrected chi connectivity index (χ0v) is 5.96. The highest BCUT2D eigenvalue weighted by atomic mass is 19.2. The first-order valence-electron chi connectivity index (χ1n) is 3.32. The van der Waals surface area contributed by atoms with Crippen LogP contribution in [0.25, 0.3) is 10.9 Å². The molecule has 0 aliphatic heterocycles. The molecule has 0 amide bonds. The van der Waals surface area contributed by atoms with Gasteiger partial charge in [0.1, 0.15) is 6.33 Å². The zero-order chi connectivity index (χ0) is 8.55. The van der Waals surface area contributed by atoms with Crippen molar-refractivity contribution in [3.8, 4) is 0 Å². The average molecular weight is 166 g/mol. The molecule has 0 saturated carbocycles. The molecular weight excluding hydrogens is 162 g/mol. The van der Waals surface area contributed by atoms with Gasteiger partial charge in [-0.25, -0.2) is 18.7 Å². The van der Waals surface area contributed by atoms with Crippen LogP contribution in [0, 0.1) is 11.6 Å². The maximum atomic E-state index is 12.6. The van der Waals surface area contributed by atoms with Crippen molar-refractivity contribution in [2.75, 3.05) is 0 Å². The number of rotatable bonds is 0. The van der Waals surface area contributed by atoms with Gasteiger partial charge in [-0.15, -0.1) is 0 Å². The summed E-state index contributed by atoms with van der Waals surface area (Å²) in [5, 5.41) is 0.497. The number of benzene rings is 1. The normalized spacial score (nSPS) is 10.5. The van der Waals surface area contributed by atoms with Crippen molar-refractivity contribution in [1.82, 2.24) is 9.97 Å². The van der Waals surface area contributed by atoms with Crippen LogP contribution < -0.4 is 0 Å². The summed E-state index contributed by atoms with van der Waals surface area (Å²) in [4.78, 5) is 7.45. The Labute approximate surface area is 66.9 Å². The van der Waals surface area contributed by atoms with E-state index in [4.69, 9.17) is 0 Å². The van der Waals surface area contributed by atoms with Gasteiger partial charge in [0, 0.05) is 17.6 Å². The van der Waals surface area contributed by atoms with Gasteiger partial charge in [-0.2, -0.15) is 0 Å². The SMILES string of the molecule is Fc1cc2cncnc2cc1F. The molecule has 0 fully saturated rings. The molecule has 0 N–H and O–H groups in total. The van der Waals surface area contributed by atoms with E-state index >= 15 is 0 Å². The number of aromatic nitrogens is 2. The van der Waals surface area contributed by atoms with E-state index in [1.165, 1.54) is 12.5 Å². The predicted molar refractivity (Wildman–Crippen MR) is 39.5 cm³/mol. The summed E-state index contributed by atoms with van der Waals surface area (Å²) in [5.41, 5.74) is 0.406. The van der Waals surface area contributed by atoms with Crippen LogP contribution >= 0.6 is 0 Å². The maximum Gasteiger partial charge on any atom is 0.161 e. The van der Waals surface area contributed by atoms with Crippen molar-refractivity contribution >= 4 is 10.9 Å². The molecule has 12 heavy (non-hydrogen) atoms. The Hall–Kier alpha value is -1.58. The van der Waals surface area contributed by atoms with Crippen molar-refractivity contribution in [2.24, 2.45) is 0 Å². The summed E-state index contributed by atoms with van der Waals surface area (Å²) in [6, 6.07) is 2.12. The molecule has 0 saturated heterocycles. The van der Waals surface area contributed by atoms with Gasteiger partial charge in [0.05, 0.1) is 5.52 Å². The topological polar surface area (TPSA) is 25.8 Å². The molecular formula is C8H4F2N2. The molecule has 0 bridgehead atoms. The first kappa shape index (κ1) is 7.09. The Morgan fingerprint density at radius 3 is 2.67 bits per heavy atom. The monoisotopic (exact) mass is 166 g/mol. The number of halogens is 2. The number of nitrogens with zero attached hydrogens (tertiary/aromatic N) is 2. The highest BCUT2D eigenvalue weighted by Gasteiger charge is 2.03. The molecule has 2 nitrogen and oxygen atoms in total. The fourth-order valence-electron chi connectivity index (χ4n) is 0.976. The minimum atomic E-state index is -0.888. The quantitative estimate of drug-likeness (QED) is 0.597. The van der Waals surface area contributed by atoms with Gasteiger partial charge in [-0.3, -0.25) is 0 Å². The lowest BCUT2D eigenvalue weighted by atomic mass is 10.2. The highest BCUT2D eigenvalue weighted by Crippen LogP contribution is 2.14. The van der Waals surface area contributed by atoms with Crippen LogP contribution in [0.15, 0.2) is 24.7 Å². The summed E-state index contributed by atoms with van der Waals surface area (Å²) < 4.78 is 25.2. The van der Waals surface area contributed by atoms with Crippen molar-refractivity contribution in [2.45, 2.75) is 0 Å². The van der Waals surface area contributed by atoms with E-state index in [-0.39, 0.29) is 0 Å². The van der Waals surface area contributed by atoms with E-state index in [0.29, 0.717) is 10.9 Å². The maximum absolute atomic E-state index is 12.6. The standard InChI is InChI=1S/C8H4F2N2/c9-6-1-5-3-11-4-12-8(5)2-7(6)10/h1-4H. The highest BCUT2D eigenvalue weighted by molar-refractivity contribution is 5.77. The molecule has 60 valence electrons. The Balaban J connectivity index is 2.84. The molecule has 2 aromatic rings. The minimum absolute atomic E-state index is 0.406. The molecule has 0 spiro atoms. The van der Waals surface area contributed by atoms with Crippen LogP contribution in [0.4, 0.5) is 8.78 Å². The van der Waals surface area contributed by atoms with Crippen LogP contribution in [0.1, 0.15) is 0 Å². The molecule has 4 heteroatoms. The molecule has 1 aromatic carbocycles. The lowest BCUT2D eigenvalue weighted by Crippen LogP contribution is -1.86. The summed E-state index contributed by atoms with van der Waals surface area (Å²) in [7, 11) is 0. The number of hydrogen-bond acceptors (Lipinski definition) is 2. The van der Waals surface area contributed by atoms with Crippen molar-refractivity contribution in [3.05, 3.63) is 36.3 Å². The third kappa shape index (κ3) is 1.01. The summed E-state index contributed by atoms with van der Waals surface area (Å²) in [6.45, 7) is 0. The van der Waals surface area contributed by atoms with Crippen LogP contribution in [0.2, 0.25) is 0 Å². The average Bonchev–Trinajstić information content (AvgIpc) is 2.07. The van der Waals surface area contributed by atoms with Crippen molar-refractivity contribution < 1.29 is 8.78 Å². The third-order valence-electron chi connectivity index (χ3n) is 1.55. The van der Waals surface area contributed by atoms with E-state index in [2.05, 4.69) is 9.97 Å². The van der Waals surface area contributed by atoms with Crippen LogP contribution in [-0.4, -0.2) is 9.97 Å². The molecule has 0 atom stereocenters. The largest absolute Gasteiger partial charge is 0.244 e. The predicted octanol–water partition coefficient (Wildman–Crippen LogP) is 1.91. The molecule has 0 aliphatic carbocycles. The Bertz CT molecular complexity index is 388. The minimum Gasteiger partial charge on any atom is -0.244 e. The Morgan fingerprint density at radius 1 is 1.08 bits per heavy atom. The first-order valence-corrected chi connectivity index (χ1v) is 3.32. The van der Waals surface area contributed by atoms with E-state index < -0.39 is 11.6 Å². The second kappa shape index (κ2) is 2.48. The second-order valence-corrected chi connectivity index (χ2v) is 2.35. The number of fused-ring (bicyclic) bond motifs is 1. The molecule has 0 unspecified atom stereocenters. The van der Waals surface area contributed by atoms with Gasteiger partial charge in [-0.05, 0) is 6.07 Å². The van der Waals surface area contributed by atoms with Gasteiger partial charge >= 0.3 is 0 Å². The van der Waals surface area contributed by atoms with Crippen molar-refractivity contribution in [3.63, 3.8) is 0 Å². The lowest BCUT2D eigenvalue weighted by molar-refractivity contribution is 0.510. The Kier molecular flexibility index (Phi) is 1.46. The lowest BCUT2D eigenvalue weighted by Gasteiger charge is -1.95. The van der Waals surface area contributed by atoms with Gasteiger partial charge < -0.3 is 0 Å².